The molecular formula is C13H28N2O. The average Bonchev–Trinajstić information content (AvgIpc) is 2.16. The van der Waals surface area contributed by atoms with Gasteiger partial charge in [0.25, 0.3) is 0 Å². The van der Waals surface area contributed by atoms with Crippen LogP contribution in [0.15, 0.2) is 0 Å². The molecule has 0 aliphatic carbocycles. The Balaban J connectivity index is 2.43. The second-order valence-electron chi connectivity index (χ2n) is 6.05. The van der Waals surface area contributed by atoms with Crippen molar-refractivity contribution in [3.8, 4) is 0 Å². The minimum absolute atomic E-state index is 0.508. The Bertz CT molecular complexity index is 193. The van der Waals surface area contributed by atoms with Crippen LogP contribution in [0.3, 0.4) is 0 Å². The quantitative estimate of drug-likeness (QED) is 0.748. The second kappa shape index (κ2) is 5.99. The Labute approximate surface area is 100 Å². The molecule has 1 aliphatic rings. The van der Waals surface area contributed by atoms with E-state index in [2.05, 4.69) is 24.1 Å². The van der Waals surface area contributed by atoms with Gasteiger partial charge in [-0.1, -0.05) is 0 Å². The van der Waals surface area contributed by atoms with Gasteiger partial charge in [0.15, 0.2) is 0 Å². The highest BCUT2D eigenvalue weighted by Gasteiger charge is 2.23. The van der Waals surface area contributed by atoms with E-state index in [4.69, 9.17) is 0 Å². The Hall–Kier alpha value is -0.120. The molecule has 16 heavy (non-hydrogen) atoms. The van der Waals surface area contributed by atoms with Crippen LogP contribution in [0.2, 0.25) is 0 Å². The Morgan fingerprint density at radius 3 is 2.56 bits per heavy atom. The number of hydrogen-bond acceptors (Lipinski definition) is 3. The van der Waals surface area contributed by atoms with Gasteiger partial charge in [-0.15, -0.1) is 0 Å². The normalized spacial score (nSPS) is 23.1. The molecule has 0 amide bonds. The molecule has 1 saturated heterocycles. The zero-order valence-electron chi connectivity index (χ0n) is 11.3. The lowest BCUT2D eigenvalue weighted by molar-refractivity contribution is 0.0182. The summed E-state index contributed by atoms with van der Waals surface area (Å²) in [5.74, 6) is 0.749. The third-order valence-electron chi connectivity index (χ3n) is 3.21. The van der Waals surface area contributed by atoms with Crippen molar-refractivity contribution in [1.82, 2.24) is 10.2 Å². The molecule has 0 radical (unpaired) electrons. The molecule has 0 aromatic heterocycles. The van der Waals surface area contributed by atoms with Crippen molar-refractivity contribution >= 4 is 0 Å². The van der Waals surface area contributed by atoms with E-state index in [1.807, 2.05) is 13.8 Å². The molecule has 2 N–H and O–H groups in total. The first-order valence-corrected chi connectivity index (χ1v) is 6.55. The van der Waals surface area contributed by atoms with E-state index in [-0.39, 0.29) is 0 Å². The number of aliphatic hydroxyl groups is 1. The van der Waals surface area contributed by atoms with Crippen molar-refractivity contribution in [2.75, 3.05) is 26.2 Å². The predicted molar refractivity (Wildman–Crippen MR) is 68.6 cm³/mol. The fourth-order valence-corrected chi connectivity index (χ4v) is 2.37. The number of hydrogen-bond donors (Lipinski definition) is 2. The Morgan fingerprint density at radius 1 is 1.44 bits per heavy atom. The van der Waals surface area contributed by atoms with E-state index >= 15 is 0 Å². The fraction of sp³-hybridized carbons (Fsp3) is 1.00. The molecule has 3 nitrogen and oxygen atoms in total. The third kappa shape index (κ3) is 5.28. The smallest absolute Gasteiger partial charge is 0.0718 e. The lowest BCUT2D eigenvalue weighted by Crippen LogP contribution is -2.46. The number of nitrogens with zero attached hydrogens (tertiary/aromatic N) is 1. The van der Waals surface area contributed by atoms with Gasteiger partial charge in [-0.2, -0.15) is 0 Å². The summed E-state index contributed by atoms with van der Waals surface area (Å²) in [5.41, 5.74) is -0.591. The van der Waals surface area contributed by atoms with E-state index in [1.165, 1.54) is 19.4 Å². The predicted octanol–water partition coefficient (Wildman–Crippen LogP) is 1.47. The van der Waals surface area contributed by atoms with Gasteiger partial charge >= 0.3 is 0 Å². The van der Waals surface area contributed by atoms with Gasteiger partial charge in [-0.25, -0.2) is 0 Å². The molecule has 0 spiro atoms. The highest BCUT2D eigenvalue weighted by Crippen LogP contribution is 2.16. The minimum atomic E-state index is -0.591. The average molecular weight is 228 g/mol. The molecule has 1 fully saturated rings. The summed E-state index contributed by atoms with van der Waals surface area (Å²) in [6.07, 6.45) is 2.61. The van der Waals surface area contributed by atoms with Crippen LogP contribution in [0.5, 0.6) is 0 Å². The SMILES string of the molecule is CC(C)N(CC1CCCNC1)CC(C)(C)O. The molecule has 1 unspecified atom stereocenters. The standard InChI is InChI=1S/C13H28N2O/c1-11(2)15(10-13(3,4)16)9-12-6-5-7-14-8-12/h11-12,14,16H,5-10H2,1-4H3. The maximum atomic E-state index is 9.91. The third-order valence-corrected chi connectivity index (χ3v) is 3.21. The first kappa shape index (κ1) is 13.9. The molecule has 0 aromatic rings. The van der Waals surface area contributed by atoms with Crippen molar-refractivity contribution in [2.24, 2.45) is 5.92 Å². The molecule has 96 valence electrons. The molecule has 1 heterocycles. The zero-order valence-corrected chi connectivity index (χ0v) is 11.3. The highest BCUT2D eigenvalue weighted by molar-refractivity contribution is 4.79. The number of piperidine rings is 1. The highest BCUT2D eigenvalue weighted by atomic mass is 16.3. The summed E-state index contributed by atoms with van der Waals surface area (Å²) in [5, 5.41) is 13.4. The summed E-state index contributed by atoms with van der Waals surface area (Å²) < 4.78 is 0. The topological polar surface area (TPSA) is 35.5 Å². The van der Waals surface area contributed by atoms with Crippen molar-refractivity contribution in [2.45, 2.75) is 52.2 Å². The second-order valence-corrected chi connectivity index (χ2v) is 6.05. The van der Waals surface area contributed by atoms with Crippen LogP contribution >= 0.6 is 0 Å². The summed E-state index contributed by atoms with van der Waals surface area (Å²) in [4.78, 5) is 2.40. The molecule has 0 aromatic carbocycles. The van der Waals surface area contributed by atoms with Gasteiger partial charge in [0.1, 0.15) is 0 Å². The van der Waals surface area contributed by atoms with E-state index in [0.717, 1.165) is 25.6 Å². The molecule has 1 aliphatic heterocycles. The van der Waals surface area contributed by atoms with Gasteiger partial charge in [-0.3, -0.25) is 4.90 Å². The van der Waals surface area contributed by atoms with Crippen LogP contribution in [-0.2, 0) is 0 Å². The molecule has 0 bridgehead atoms. The van der Waals surface area contributed by atoms with Gasteiger partial charge in [-0.05, 0) is 59.5 Å². The van der Waals surface area contributed by atoms with E-state index in [0.29, 0.717) is 6.04 Å². The molecule has 1 rings (SSSR count). The van der Waals surface area contributed by atoms with Crippen molar-refractivity contribution in [3.05, 3.63) is 0 Å². The van der Waals surface area contributed by atoms with Crippen molar-refractivity contribution < 1.29 is 5.11 Å². The van der Waals surface area contributed by atoms with Gasteiger partial charge < -0.3 is 10.4 Å². The van der Waals surface area contributed by atoms with Crippen LogP contribution in [-0.4, -0.2) is 47.8 Å². The van der Waals surface area contributed by atoms with Crippen LogP contribution in [0.4, 0.5) is 0 Å². The van der Waals surface area contributed by atoms with Crippen LogP contribution in [0, 0.1) is 5.92 Å². The maximum absolute atomic E-state index is 9.91. The summed E-state index contributed by atoms with van der Waals surface area (Å²) in [6.45, 7) is 12.4. The monoisotopic (exact) mass is 228 g/mol. The Morgan fingerprint density at radius 2 is 2.12 bits per heavy atom. The minimum Gasteiger partial charge on any atom is -0.389 e. The van der Waals surface area contributed by atoms with Crippen LogP contribution in [0.1, 0.15) is 40.5 Å². The van der Waals surface area contributed by atoms with Crippen LogP contribution in [0.25, 0.3) is 0 Å². The zero-order chi connectivity index (χ0) is 12.2. The summed E-state index contributed by atoms with van der Waals surface area (Å²) in [6, 6.07) is 0.508. The molecule has 0 saturated carbocycles. The van der Waals surface area contributed by atoms with Crippen molar-refractivity contribution in [3.63, 3.8) is 0 Å². The molecule has 1 atom stereocenters. The lowest BCUT2D eigenvalue weighted by Gasteiger charge is -2.36. The number of nitrogens with one attached hydrogen (secondary N) is 1. The first-order chi connectivity index (χ1) is 7.38. The first-order valence-electron chi connectivity index (χ1n) is 6.55. The van der Waals surface area contributed by atoms with E-state index < -0.39 is 5.60 Å². The van der Waals surface area contributed by atoms with Crippen LogP contribution < -0.4 is 5.32 Å². The fourth-order valence-electron chi connectivity index (χ4n) is 2.37. The molecule has 3 heteroatoms. The maximum Gasteiger partial charge on any atom is 0.0718 e. The van der Waals surface area contributed by atoms with Gasteiger partial charge in [0, 0.05) is 19.1 Å². The van der Waals surface area contributed by atoms with Gasteiger partial charge in [0.05, 0.1) is 5.60 Å². The molecular weight excluding hydrogens is 200 g/mol. The van der Waals surface area contributed by atoms with Crippen molar-refractivity contribution in [1.29, 1.82) is 0 Å². The summed E-state index contributed by atoms with van der Waals surface area (Å²) in [7, 11) is 0. The van der Waals surface area contributed by atoms with E-state index in [9.17, 15) is 5.11 Å². The Kier molecular flexibility index (Phi) is 5.22. The number of rotatable bonds is 5. The van der Waals surface area contributed by atoms with Gasteiger partial charge in [0.2, 0.25) is 0 Å². The summed E-state index contributed by atoms with van der Waals surface area (Å²) >= 11 is 0. The van der Waals surface area contributed by atoms with E-state index in [1.54, 1.807) is 0 Å². The largest absolute Gasteiger partial charge is 0.389 e. The lowest BCUT2D eigenvalue weighted by atomic mass is 9.97.